The average molecular weight is 586 g/mol. The Labute approximate surface area is 246 Å². The maximum Gasteiger partial charge on any atom is 0.411 e. The maximum atomic E-state index is 15.1. The fraction of sp³-hybridized carbons (Fsp3) is 0.344. The van der Waals surface area contributed by atoms with Crippen LogP contribution < -0.4 is 10.3 Å². The van der Waals surface area contributed by atoms with Crippen molar-refractivity contribution in [3.8, 4) is 28.6 Å². The number of carbonyl (C=O) groups excluding carboxylic acids is 1. The number of amides is 1. The molecule has 4 heterocycles. The number of fused-ring (bicyclic) bond motifs is 2. The van der Waals surface area contributed by atoms with E-state index in [0.717, 1.165) is 29.5 Å². The van der Waals surface area contributed by atoms with Gasteiger partial charge in [0.1, 0.15) is 17.0 Å². The minimum Gasteiger partial charge on any atom is -0.491 e. The van der Waals surface area contributed by atoms with Crippen molar-refractivity contribution in [3.63, 3.8) is 0 Å². The van der Waals surface area contributed by atoms with Gasteiger partial charge in [0.15, 0.2) is 17.4 Å². The van der Waals surface area contributed by atoms with E-state index in [-0.39, 0.29) is 28.4 Å². The van der Waals surface area contributed by atoms with Crippen LogP contribution >= 0.6 is 0 Å². The standard InChI is InChI=1S/C32H29F2N5O4/c1-17-8-20(6-7-36-17)22-9-18(15-35)10-23-26(22)37-29(32-13-19(14-32)16-38(32)30(41)43-31(2,3)4)39(28(23)40)21-11-24(33)27(42-5)25(34)12-21/h6-12,19H,13-14,16H2,1-5H3. The number of hydrogen-bond donors (Lipinski definition) is 0. The highest BCUT2D eigenvalue weighted by Crippen LogP contribution is 2.57. The van der Waals surface area contributed by atoms with Crippen molar-refractivity contribution in [2.75, 3.05) is 13.7 Å². The number of rotatable bonds is 4. The van der Waals surface area contributed by atoms with Gasteiger partial charge in [-0.1, -0.05) is 0 Å². The summed E-state index contributed by atoms with van der Waals surface area (Å²) in [6, 6.07) is 10.7. The Balaban J connectivity index is 1.70. The van der Waals surface area contributed by atoms with Gasteiger partial charge in [-0.25, -0.2) is 18.6 Å². The Morgan fingerprint density at radius 1 is 1.14 bits per heavy atom. The molecule has 1 saturated carbocycles. The molecule has 2 bridgehead atoms. The highest BCUT2D eigenvalue weighted by molar-refractivity contribution is 5.95. The zero-order valence-electron chi connectivity index (χ0n) is 24.4. The zero-order valence-corrected chi connectivity index (χ0v) is 24.4. The predicted molar refractivity (Wildman–Crippen MR) is 154 cm³/mol. The summed E-state index contributed by atoms with van der Waals surface area (Å²) in [7, 11) is 1.15. The minimum absolute atomic E-state index is 0.0815. The van der Waals surface area contributed by atoms with Gasteiger partial charge < -0.3 is 9.47 Å². The molecule has 9 nitrogen and oxygen atoms in total. The fourth-order valence-corrected chi connectivity index (χ4v) is 6.26. The summed E-state index contributed by atoms with van der Waals surface area (Å²) in [5.74, 6) is -2.30. The van der Waals surface area contributed by atoms with Gasteiger partial charge in [-0.2, -0.15) is 5.26 Å². The van der Waals surface area contributed by atoms with Gasteiger partial charge in [0, 0.05) is 36.1 Å². The Hall–Kier alpha value is -4.85. The van der Waals surface area contributed by atoms with Crippen molar-refractivity contribution < 1.29 is 23.0 Å². The van der Waals surface area contributed by atoms with E-state index in [0.29, 0.717) is 36.0 Å². The first-order valence-corrected chi connectivity index (χ1v) is 13.8. The average Bonchev–Trinajstić information content (AvgIpc) is 3.49. The second kappa shape index (κ2) is 9.87. The molecule has 3 aliphatic rings. The van der Waals surface area contributed by atoms with Crippen LogP contribution in [0.2, 0.25) is 0 Å². The Kier molecular flexibility index (Phi) is 6.49. The number of aryl methyl sites for hydroxylation is 1. The lowest BCUT2D eigenvalue weighted by atomic mass is 9.72. The number of benzene rings is 2. The monoisotopic (exact) mass is 585 g/mol. The molecule has 0 spiro atoms. The summed E-state index contributed by atoms with van der Waals surface area (Å²) < 4.78 is 41.8. The number of methoxy groups -OCH3 is 1. The molecule has 0 N–H and O–H groups in total. The van der Waals surface area contributed by atoms with E-state index < -0.39 is 40.2 Å². The molecule has 7 rings (SSSR count). The van der Waals surface area contributed by atoms with Gasteiger partial charge in [0.2, 0.25) is 0 Å². The Morgan fingerprint density at radius 2 is 1.84 bits per heavy atom. The normalized spacial score (nSPS) is 19.2. The smallest absolute Gasteiger partial charge is 0.411 e. The quantitative estimate of drug-likeness (QED) is 0.299. The van der Waals surface area contributed by atoms with Crippen molar-refractivity contribution in [2.24, 2.45) is 5.92 Å². The van der Waals surface area contributed by atoms with Crippen molar-refractivity contribution in [3.05, 3.63) is 81.7 Å². The SMILES string of the molecule is COc1c(F)cc(-n2c(C34CC(CN3C(=O)OC(C)(C)C)C4)nc3c(-c4ccnc(C)c4)cc(C#N)cc3c2=O)cc1F. The molecule has 43 heavy (non-hydrogen) atoms. The number of pyridine rings is 1. The molecule has 2 aromatic carbocycles. The topological polar surface area (TPSA) is 110 Å². The van der Waals surface area contributed by atoms with Gasteiger partial charge in [-0.05, 0) is 76.3 Å². The first-order chi connectivity index (χ1) is 20.3. The third-order valence-electron chi connectivity index (χ3n) is 8.00. The lowest BCUT2D eigenvalue weighted by Gasteiger charge is -2.42. The summed E-state index contributed by atoms with van der Waals surface area (Å²) in [5, 5.41) is 9.91. The second-order valence-corrected chi connectivity index (χ2v) is 12.1. The second-order valence-electron chi connectivity index (χ2n) is 12.1. The molecule has 1 aliphatic carbocycles. The number of ether oxygens (including phenoxy) is 2. The molecule has 11 heteroatoms. The van der Waals surface area contributed by atoms with Gasteiger partial charge in [0.05, 0.1) is 35.3 Å². The lowest BCUT2D eigenvalue weighted by molar-refractivity contribution is 0.00315. The minimum atomic E-state index is -1.06. The van der Waals surface area contributed by atoms with Gasteiger partial charge in [-0.3, -0.25) is 19.2 Å². The van der Waals surface area contributed by atoms with E-state index in [1.807, 2.05) is 13.0 Å². The molecule has 3 fully saturated rings. The van der Waals surface area contributed by atoms with E-state index in [9.17, 15) is 14.9 Å². The Bertz CT molecular complexity index is 1900. The third-order valence-corrected chi connectivity index (χ3v) is 8.00. The molecule has 0 unspecified atom stereocenters. The number of nitriles is 1. The van der Waals surface area contributed by atoms with E-state index in [2.05, 4.69) is 11.1 Å². The summed E-state index contributed by atoms with van der Waals surface area (Å²) in [4.78, 5) is 38.8. The Morgan fingerprint density at radius 3 is 2.44 bits per heavy atom. The molecule has 2 aromatic heterocycles. The van der Waals surface area contributed by atoms with Crippen LogP contribution in [0.3, 0.4) is 0 Å². The first kappa shape index (κ1) is 28.3. The number of halogens is 2. The lowest BCUT2D eigenvalue weighted by Crippen LogP contribution is -2.50. The van der Waals surface area contributed by atoms with Crippen LogP contribution in [-0.2, 0) is 10.3 Å². The largest absolute Gasteiger partial charge is 0.491 e. The van der Waals surface area contributed by atoms with E-state index in [1.54, 1.807) is 44.0 Å². The summed E-state index contributed by atoms with van der Waals surface area (Å²) in [6.07, 6.45) is 2.04. The summed E-state index contributed by atoms with van der Waals surface area (Å²) in [5.41, 5.74) is -0.166. The van der Waals surface area contributed by atoms with Crippen molar-refractivity contribution in [1.29, 1.82) is 5.26 Å². The predicted octanol–water partition coefficient (Wildman–Crippen LogP) is 5.77. The van der Waals surface area contributed by atoms with Crippen LogP contribution in [-0.4, -0.2) is 44.8 Å². The number of aromatic nitrogens is 3. The first-order valence-electron chi connectivity index (χ1n) is 13.8. The molecular formula is C32H29F2N5O4. The van der Waals surface area contributed by atoms with Crippen molar-refractivity contribution in [2.45, 2.75) is 51.7 Å². The maximum absolute atomic E-state index is 15.1. The molecule has 2 saturated heterocycles. The van der Waals surface area contributed by atoms with Crippen LogP contribution in [0, 0.1) is 35.8 Å². The molecule has 4 aromatic rings. The van der Waals surface area contributed by atoms with Gasteiger partial charge in [0.25, 0.3) is 5.56 Å². The number of carbonyl (C=O) groups is 1. The van der Waals surface area contributed by atoms with Crippen LogP contribution in [0.5, 0.6) is 5.75 Å². The van der Waals surface area contributed by atoms with Crippen molar-refractivity contribution >= 4 is 17.0 Å². The fourth-order valence-electron chi connectivity index (χ4n) is 6.26. The third kappa shape index (κ3) is 4.58. The molecule has 0 atom stereocenters. The highest BCUT2D eigenvalue weighted by atomic mass is 19.1. The van der Waals surface area contributed by atoms with Crippen LogP contribution in [0.25, 0.3) is 27.7 Å². The number of hydrogen-bond acceptors (Lipinski definition) is 7. The van der Waals surface area contributed by atoms with E-state index in [1.165, 1.54) is 6.07 Å². The molecule has 220 valence electrons. The molecule has 1 amide bonds. The van der Waals surface area contributed by atoms with Crippen LogP contribution in [0.15, 0.2) is 47.4 Å². The van der Waals surface area contributed by atoms with Crippen LogP contribution in [0.1, 0.15) is 50.7 Å². The molecule has 0 radical (unpaired) electrons. The molecule has 2 aliphatic heterocycles. The van der Waals surface area contributed by atoms with Gasteiger partial charge >= 0.3 is 6.09 Å². The molecular weight excluding hydrogens is 556 g/mol. The van der Waals surface area contributed by atoms with E-state index in [4.69, 9.17) is 14.5 Å². The number of nitrogens with zero attached hydrogens (tertiary/aromatic N) is 5. The zero-order chi connectivity index (χ0) is 30.8. The highest BCUT2D eigenvalue weighted by Gasteiger charge is 2.62. The van der Waals surface area contributed by atoms with Gasteiger partial charge in [-0.15, -0.1) is 0 Å². The van der Waals surface area contributed by atoms with Crippen molar-refractivity contribution in [1.82, 2.24) is 19.4 Å². The summed E-state index contributed by atoms with van der Waals surface area (Å²) >= 11 is 0. The summed E-state index contributed by atoms with van der Waals surface area (Å²) in [6.45, 7) is 7.50. The van der Waals surface area contributed by atoms with E-state index >= 15 is 8.78 Å². The van der Waals surface area contributed by atoms with Crippen LogP contribution in [0.4, 0.5) is 13.6 Å².